The molecule has 0 bridgehead atoms. The van der Waals surface area contributed by atoms with Crippen LogP contribution in [-0.4, -0.2) is 23.6 Å². The minimum Gasteiger partial charge on any atom is -0.497 e. The number of aryl methyl sites for hydroxylation is 2. The van der Waals surface area contributed by atoms with Gasteiger partial charge in [-0.05, 0) is 50.1 Å². The molecule has 5 heteroatoms. The molecule has 1 aromatic heterocycles. The van der Waals surface area contributed by atoms with E-state index in [-0.39, 0.29) is 0 Å². The fourth-order valence-corrected chi connectivity index (χ4v) is 2.64. The van der Waals surface area contributed by atoms with Crippen molar-refractivity contribution in [2.24, 2.45) is 0 Å². The van der Waals surface area contributed by atoms with Gasteiger partial charge in [0, 0.05) is 24.0 Å². The SMILES string of the molecule is COc1cccc(CCNc2cc(C)nc(Nc3ccc(C)cc3)n2)c1. The van der Waals surface area contributed by atoms with Crippen molar-refractivity contribution in [2.45, 2.75) is 20.3 Å². The Bertz CT molecular complexity index is 862. The van der Waals surface area contributed by atoms with E-state index in [0.717, 1.165) is 35.9 Å². The van der Waals surface area contributed by atoms with E-state index in [1.807, 2.05) is 37.3 Å². The molecular weight excluding hydrogens is 324 g/mol. The Morgan fingerprint density at radius 1 is 0.962 bits per heavy atom. The van der Waals surface area contributed by atoms with Crippen molar-refractivity contribution in [1.82, 2.24) is 9.97 Å². The number of aromatic nitrogens is 2. The van der Waals surface area contributed by atoms with Crippen molar-refractivity contribution in [2.75, 3.05) is 24.3 Å². The first-order chi connectivity index (χ1) is 12.6. The second kappa shape index (κ2) is 8.34. The van der Waals surface area contributed by atoms with Gasteiger partial charge >= 0.3 is 0 Å². The van der Waals surface area contributed by atoms with Crippen LogP contribution in [0.3, 0.4) is 0 Å². The maximum Gasteiger partial charge on any atom is 0.229 e. The summed E-state index contributed by atoms with van der Waals surface area (Å²) >= 11 is 0. The summed E-state index contributed by atoms with van der Waals surface area (Å²) in [5.74, 6) is 2.29. The lowest BCUT2D eigenvalue weighted by molar-refractivity contribution is 0.414. The third kappa shape index (κ3) is 4.96. The van der Waals surface area contributed by atoms with Crippen molar-refractivity contribution in [3.8, 4) is 5.75 Å². The van der Waals surface area contributed by atoms with Gasteiger partial charge < -0.3 is 15.4 Å². The summed E-state index contributed by atoms with van der Waals surface area (Å²) in [5, 5.41) is 6.63. The molecule has 0 amide bonds. The molecule has 3 rings (SSSR count). The van der Waals surface area contributed by atoms with E-state index in [9.17, 15) is 0 Å². The van der Waals surface area contributed by atoms with Crippen molar-refractivity contribution in [3.63, 3.8) is 0 Å². The van der Waals surface area contributed by atoms with Crippen LogP contribution in [0.1, 0.15) is 16.8 Å². The molecule has 0 saturated heterocycles. The van der Waals surface area contributed by atoms with Gasteiger partial charge in [-0.25, -0.2) is 4.98 Å². The standard InChI is InChI=1S/C21H24N4O/c1-15-7-9-18(10-8-15)24-21-23-16(2)13-20(25-21)22-12-11-17-5-4-6-19(14-17)26-3/h4-10,13-14H,11-12H2,1-3H3,(H2,22,23,24,25). The van der Waals surface area contributed by atoms with Crippen LogP contribution in [0.5, 0.6) is 5.75 Å². The number of benzene rings is 2. The van der Waals surface area contributed by atoms with Gasteiger partial charge in [0.25, 0.3) is 0 Å². The number of anilines is 3. The molecule has 0 saturated carbocycles. The Morgan fingerprint density at radius 2 is 1.77 bits per heavy atom. The first kappa shape index (κ1) is 17.7. The molecular formula is C21H24N4O. The fourth-order valence-electron chi connectivity index (χ4n) is 2.64. The first-order valence-corrected chi connectivity index (χ1v) is 8.68. The Labute approximate surface area is 154 Å². The number of ether oxygens (including phenoxy) is 1. The van der Waals surface area contributed by atoms with E-state index in [0.29, 0.717) is 5.95 Å². The van der Waals surface area contributed by atoms with Crippen molar-refractivity contribution >= 4 is 17.5 Å². The minimum atomic E-state index is 0.595. The van der Waals surface area contributed by atoms with Crippen molar-refractivity contribution in [3.05, 3.63) is 71.4 Å². The molecule has 0 aliphatic heterocycles. The average Bonchev–Trinajstić information content (AvgIpc) is 2.63. The average molecular weight is 348 g/mol. The van der Waals surface area contributed by atoms with E-state index >= 15 is 0 Å². The molecule has 0 fully saturated rings. The lowest BCUT2D eigenvalue weighted by atomic mass is 10.1. The van der Waals surface area contributed by atoms with Gasteiger partial charge in [0.05, 0.1) is 7.11 Å². The molecule has 0 aliphatic rings. The molecule has 5 nitrogen and oxygen atoms in total. The van der Waals surface area contributed by atoms with Gasteiger partial charge in [-0.15, -0.1) is 0 Å². The third-order valence-electron chi connectivity index (χ3n) is 4.02. The highest BCUT2D eigenvalue weighted by molar-refractivity contribution is 5.55. The van der Waals surface area contributed by atoms with Gasteiger partial charge in [-0.3, -0.25) is 0 Å². The summed E-state index contributed by atoms with van der Waals surface area (Å²) in [6.45, 7) is 4.82. The third-order valence-corrected chi connectivity index (χ3v) is 4.02. The van der Waals surface area contributed by atoms with E-state index in [1.54, 1.807) is 7.11 Å². The zero-order valence-corrected chi connectivity index (χ0v) is 15.4. The molecule has 0 unspecified atom stereocenters. The molecule has 0 spiro atoms. The molecule has 26 heavy (non-hydrogen) atoms. The lowest BCUT2D eigenvalue weighted by Crippen LogP contribution is -2.08. The van der Waals surface area contributed by atoms with E-state index in [4.69, 9.17) is 4.74 Å². The van der Waals surface area contributed by atoms with E-state index < -0.39 is 0 Å². The predicted octanol–water partition coefficient (Wildman–Crippen LogP) is 4.50. The summed E-state index contributed by atoms with van der Waals surface area (Å²) in [6.07, 6.45) is 0.890. The molecule has 2 aromatic carbocycles. The minimum absolute atomic E-state index is 0.595. The number of hydrogen-bond donors (Lipinski definition) is 2. The Morgan fingerprint density at radius 3 is 2.54 bits per heavy atom. The summed E-state index contributed by atoms with van der Waals surface area (Å²) in [4.78, 5) is 9.02. The van der Waals surface area contributed by atoms with Crippen molar-refractivity contribution < 1.29 is 4.74 Å². The fraction of sp³-hybridized carbons (Fsp3) is 0.238. The number of nitrogens with zero attached hydrogens (tertiary/aromatic N) is 2. The van der Waals surface area contributed by atoms with Gasteiger partial charge in [0.2, 0.25) is 5.95 Å². The maximum absolute atomic E-state index is 5.27. The zero-order chi connectivity index (χ0) is 18.4. The number of rotatable bonds is 7. The zero-order valence-electron chi connectivity index (χ0n) is 15.4. The molecule has 2 N–H and O–H groups in total. The monoisotopic (exact) mass is 348 g/mol. The quantitative estimate of drug-likeness (QED) is 0.658. The highest BCUT2D eigenvalue weighted by Gasteiger charge is 2.03. The van der Waals surface area contributed by atoms with Crippen LogP contribution >= 0.6 is 0 Å². The molecule has 0 aliphatic carbocycles. The van der Waals surface area contributed by atoms with Crippen LogP contribution < -0.4 is 15.4 Å². The number of hydrogen-bond acceptors (Lipinski definition) is 5. The summed E-state index contributed by atoms with van der Waals surface area (Å²) in [5.41, 5.74) is 4.34. The molecule has 134 valence electrons. The summed E-state index contributed by atoms with van der Waals surface area (Å²) in [7, 11) is 1.68. The molecule has 1 heterocycles. The van der Waals surface area contributed by atoms with Crippen LogP contribution in [0.4, 0.5) is 17.5 Å². The second-order valence-corrected chi connectivity index (χ2v) is 6.24. The second-order valence-electron chi connectivity index (χ2n) is 6.24. The van der Waals surface area contributed by atoms with Crippen LogP contribution in [-0.2, 0) is 6.42 Å². The first-order valence-electron chi connectivity index (χ1n) is 8.68. The van der Waals surface area contributed by atoms with Crippen LogP contribution in [0.15, 0.2) is 54.6 Å². The lowest BCUT2D eigenvalue weighted by Gasteiger charge is -2.10. The largest absolute Gasteiger partial charge is 0.497 e. The smallest absolute Gasteiger partial charge is 0.229 e. The Balaban J connectivity index is 1.62. The number of nitrogens with one attached hydrogen (secondary N) is 2. The summed E-state index contributed by atoms with van der Waals surface area (Å²) < 4.78 is 5.27. The Hall–Kier alpha value is -3.08. The maximum atomic E-state index is 5.27. The highest BCUT2D eigenvalue weighted by atomic mass is 16.5. The molecule has 0 atom stereocenters. The molecule has 0 radical (unpaired) electrons. The topological polar surface area (TPSA) is 59.1 Å². The van der Waals surface area contributed by atoms with Gasteiger partial charge in [0.1, 0.15) is 11.6 Å². The number of methoxy groups -OCH3 is 1. The van der Waals surface area contributed by atoms with Crippen LogP contribution in [0.25, 0.3) is 0 Å². The Kier molecular flexibility index (Phi) is 5.69. The highest BCUT2D eigenvalue weighted by Crippen LogP contribution is 2.17. The molecule has 3 aromatic rings. The predicted molar refractivity (Wildman–Crippen MR) is 106 cm³/mol. The van der Waals surface area contributed by atoms with Crippen LogP contribution in [0.2, 0.25) is 0 Å². The van der Waals surface area contributed by atoms with Crippen LogP contribution in [0, 0.1) is 13.8 Å². The van der Waals surface area contributed by atoms with Gasteiger partial charge in [0.15, 0.2) is 0 Å². The van der Waals surface area contributed by atoms with E-state index in [2.05, 4.69) is 51.8 Å². The summed E-state index contributed by atoms with van der Waals surface area (Å²) in [6, 6.07) is 18.2. The van der Waals surface area contributed by atoms with Crippen molar-refractivity contribution in [1.29, 1.82) is 0 Å². The van der Waals surface area contributed by atoms with Gasteiger partial charge in [-0.2, -0.15) is 4.98 Å². The normalized spacial score (nSPS) is 10.4. The van der Waals surface area contributed by atoms with E-state index in [1.165, 1.54) is 11.1 Å². The van der Waals surface area contributed by atoms with Gasteiger partial charge in [-0.1, -0.05) is 29.8 Å².